The van der Waals surface area contributed by atoms with Gasteiger partial charge in [-0.2, -0.15) is 0 Å². The summed E-state index contributed by atoms with van der Waals surface area (Å²) in [6, 6.07) is 6.84. The molecule has 1 aromatic rings. The highest BCUT2D eigenvalue weighted by Crippen LogP contribution is 2.21. The van der Waals surface area contributed by atoms with Crippen LogP contribution in [0.25, 0.3) is 10.4 Å². The summed E-state index contributed by atoms with van der Waals surface area (Å²) in [6.45, 7) is 4.58. The minimum Gasteiger partial charge on any atom is -0.493 e. The molecule has 0 spiro atoms. The van der Waals surface area contributed by atoms with E-state index >= 15 is 0 Å². The topological polar surface area (TPSA) is 98.5 Å². The Kier molecular flexibility index (Phi) is 6.15. The van der Waals surface area contributed by atoms with E-state index in [0.717, 1.165) is 0 Å². The number of azide groups is 1. The van der Waals surface area contributed by atoms with Crippen LogP contribution in [0.4, 0.5) is 0 Å². The number of aliphatic hydroxyl groups is 2. The molecule has 2 unspecified atom stereocenters. The third-order valence-corrected chi connectivity index (χ3v) is 2.50. The molecule has 0 saturated carbocycles. The molecule has 0 aliphatic carbocycles. The maximum Gasteiger partial charge on any atom is 0.119 e. The van der Waals surface area contributed by atoms with Gasteiger partial charge in [-0.3, -0.25) is 0 Å². The third-order valence-electron chi connectivity index (χ3n) is 2.50. The summed E-state index contributed by atoms with van der Waals surface area (Å²) in [5.74, 6) is 1.16. The Bertz CT molecular complexity index is 427. The summed E-state index contributed by atoms with van der Waals surface area (Å²) in [4.78, 5) is 2.54. The van der Waals surface area contributed by atoms with Crippen molar-refractivity contribution in [2.24, 2.45) is 11.0 Å². The highest BCUT2D eigenvalue weighted by Gasteiger charge is 2.17. The van der Waals surface area contributed by atoms with Crippen LogP contribution in [-0.4, -0.2) is 29.5 Å². The molecule has 2 atom stereocenters. The molecule has 0 aliphatic heterocycles. The number of aliphatic hydroxyl groups excluding tert-OH is 2. The Balaban J connectivity index is 2.61. The van der Waals surface area contributed by atoms with Gasteiger partial charge in [0.15, 0.2) is 0 Å². The van der Waals surface area contributed by atoms with Gasteiger partial charge in [-0.15, -0.1) is 0 Å². The van der Waals surface area contributed by atoms with Crippen molar-refractivity contribution in [3.63, 3.8) is 0 Å². The smallest absolute Gasteiger partial charge is 0.119 e. The second kappa shape index (κ2) is 7.63. The summed E-state index contributed by atoms with van der Waals surface area (Å²) in [7, 11) is 0. The molecular weight excluding hydrogens is 246 g/mol. The van der Waals surface area contributed by atoms with Crippen LogP contribution in [0.15, 0.2) is 29.4 Å². The van der Waals surface area contributed by atoms with E-state index < -0.39 is 12.2 Å². The number of ether oxygens (including phenoxy) is 1. The van der Waals surface area contributed by atoms with E-state index in [1.54, 1.807) is 24.3 Å². The lowest BCUT2D eigenvalue weighted by Crippen LogP contribution is -2.21. The molecular formula is C13H19N3O3. The second-order valence-corrected chi connectivity index (χ2v) is 4.70. The monoisotopic (exact) mass is 265 g/mol. The lowest BCUT2D eigenvalue weighted by molar-refractivity contribution is 0.0244. The van der Waals surface area contributed by atoms with Crippen molar-refractivity contribution < 1.29 is 14.9 Å². The van der Waals surface area contributed by atoms with Crippen LogP contribution >= 0.6 is 0 Å². The van der Waals surface area contributed by atoms with Crippen molar-refractivity contribution in [3.05, 3.63) is 40.3 Å². The van der Waals surface area contributed by atoms with Gasteiger partial charge in [0.2, 0.25) is 0 Å². The van der Waals surface area contributed by atoms with Gasteiger partial charge in [0, 0.05) is 4.91 Å². The highest BCUT2D eigenvalue weighted by atomic mass is 16.5. The van der Waals surface area contributed by atoms with Crippen LogP contribution in [0.1, 0.15) is 25.5 Å². The maximum atomic E-state index is 9.85. The average Bonchev–Trinajstić information content (AvgIpc) is 2.42. The van der Waals surface area contributed by atoms with Crippen LogP contribution in [0.3, 0.4) is 0 Å². The molecule has 0 amide bonds. The quantitative estimate of drug-likeness (QED) is 0.450. The van der Waals surface area contributed by atoms with Gasteiger partial charge in [0.05, 0.1) is 19.3 Å². The SMILES string of the molecule is CC(C)COc1ccc(C(O)C(O)CN=[N+]=[N-])cc1. The first-order valence-corrected chi connectivity index (χ1v) is 6.14. The molecule has 0 fully saturated rings. The Morgan fingerprint density at radius 1 is 1.26 bits per heavy atom. The third kappa shape index (κ3) is 5.18. The molecule has 0 aromatic heterocycles. The Labute approximate surface area is 112 Å². The Morgan fingerprint density at radius 3 is 2.42 bits per heavy atom. The molecule has 0 bridgehead atoms. The van der Waals surface area contributed by atoms with Crippen LogP contribution < -0.4 is 4.74 Å². The van der Waals surface area contributed by atoms with Crippen molar-refractivity contribution >= 4 is 0 Å². The largest absolute Gasteiger partial charge is 0.493 e. The van der Waals surface area contributed by atoms with Crippen molar-refractivity contribution in [3.8, 4) is 5.75 Å². The number of rotatable bonds is 7. The minimum atomic E-state index is -1.11. The summed E-state index contributed by atoms with van der Waals surface area (Å²) < 4.78 is 5.52. The number of hydrogen-bond acceptors (Lipinski definition) is 4. The van der Waals surface area contributed by atoms with Gasteiger partial charge in [0.25, 0.3) is 0 Å². The predicted octanol–water partition coefficient (Wildman–Crippen LogP) is 2.43. The number of nitrogens with zero attached hydrogens (tertiary/aromatic N) is 3. The molecule has 6 nitrogen and oxygen atoms in total. The first-order chi connectivity index (χ1) is 9.04. The van der Waals surface area contributed by atoms with E-state index in [9.17, 15) is 10.2 Å². The zero-order valence-corrected chi connectivity index (χ0v) is 11.1. The summed E-state index contributed by atoms with van der Waals surface area (Å²) in [5, 5.41) is 22.7. The Hall–Kier alpha value is -1.75. The predicted molar refractivity (Wildman–Crippen MR) is 71.8 cm³/mol. The van der Waals surface area contributed by atoms with Gasteiger partial charge >= 0.3 is 0 Å². The normalized spacial score (nSPS) is 13.7. The molecule has 0 saturated heterocycles. The van der Waals surface area contributed by atoms with E-state index in [0.29, 0.717) is 23.8 Å². The molecule has 1 rings (SSSR count). The fourth-order valence-corrected chi connectivity index (χ4v) is 1.47. The first-order valence-electron chi connectivity index (χ1n) is 6.14. The van der Waals surface area contributed by atoms with Crippen molar-refractivity contribution in [1.29, 1.82) is 0 Å². The second-order valence-electron chi connectivity index (χ2n) is 4.70. The van der Waals surface area contributed by atoms with E-state index in [2.05, 4.69) is 23.9 Å². The van der Waals surface area contributed by atoms with Crippen molar-refractivity contribution in [2.45, 2.75) is 26.1 Å². The molecule has 19 heavy (non-hydrogen) atoms. The van der Waals surface area contributed by atoms with Gasteiger partial charge in [-0.05, 0) is 29.1 Å². The molecule has 104 valence electrons. The zero-order chi connectivity index (χ0) is 14.3. The standard InChI is InChI=1S/C13H19N3O3/c1-9(2)8-19-11-5-3-10(4-6-11)13(18)12(17)7-15-16-14/h3-6,9,12-13,17-18H,7-8H2,1-2H3. The van der Waals surface area contributed by atoms with E-state index in [1.807, 2.05) is 0 Å². The van der Waals surface area contributed by atoms with E-state index in [1.165, 1.54) is 0 Å². The first kappa shape index (κ1) is 15.3. The summed E-state index contributed by atoms with van der Waals surface area (Å²) >= 11 is 0. The maximum absolute atomic E-state index is 9.85. The van der Waals surface area contributed by atoms with Gasteiger partial charge in [0.1, 0.15) is 11.9 Å². The van der Waals surface area contributed by atoms with Crippen LogP contribution in [0, 0.1) is 5.92 Å². The summed E-state index contributed by atoms with van der Waals surface area (Å²) in [6.07, 6.45) is -2.19. The molecule has 2 N–H and O–H groups in total. The van der Waals surface area contributed by atoms with Crippen molar-refractivity contribution in [2.75, 3.05) is 13.2 Å². The average molecular weight is 265 g/mol. The zero-order valence-electron chi connectivity index (χ0n) is 11.1. The Morgan fingerprint density at radius 2 is 1.89 bits per heavy atom. The molecule has 0 radical (unpaired) electrons. The lowest BCUT2D eigenvalue weighted by Gasteiger charge is -2.16. The molecule has 0 aliphatic rings. The molecule has 0 heterocycles. The fourth-order valence-electron chi connectivity index (χ4n) is 1.47. The molecule has 1 aromatic carbocycles. The fraction of sp³-hybridized carbons (Fsp3) is 0.538. The van der Waals surface area contributed by atoms with Gasteiger partial charge in [-0.1, -0.05) is 31.1 Å². The minimum absolute atomic E-state index is 0.163. The van der Waals surface area contributed by atoms with Crippen LogP contribution in [0.5, 0.6) is 5.75 Å². The van der Waals surface area contributed by atoms with E-state index in [-0.39, 0.29) is 6.54 Å². The molecule has 6 heteroatoms. The lowest BCUT2D eigenvalue weighted by atomic mass is 10.0. The number of benzene rings is 1. The van der Waals surface area contributed by atoms with Crippen LogP contribution in [-0.2, 0) is 0 Å². The van der Waals surface area contributed by atoms with Gasteiger partial charge in [-0.25, -0.2) is 0 Å². The van der Waals surface area contributed by atoms with E-state index in [4.69, 9.17) is 10.3 Å². The van der Waals surface area contributed by atoms with Crippen LogP contribution in [0.2, 0.25) is 0 Å². The highest BCUT2D eigenvalue weighted by molar-refractivity contribution is 5.29. The van der Waals surface area contributed by atoms with Gasteiger partial charge < -0.3 is 14.9 Å². The van der Waals surface area contributed by atoms with Crippen molar-refractivity contribution in [1.82, 2.24) is 0 Å². The number of hydrogen-bond donors (Lipinski definition) is 2. The summed E-state index contributed by atoms with van der Waals surface area (Å²) in [5.41, 5.74) is 8.71.